The summed E-state index contributed by atoms with van der Waals surface area (Å²) >= 11 is 0. The Kier molecular flexibility index (Phi) is 7.37. The van der Waals surface area contributed by atoms with Crippen LogP contribution in [0.1, 0.15) is 50.2 Å². The van der Waals surface area contributed by atoms with E-state index in [2.05, 4.69) is 27.2 Å². The van der Waals surface area contributed by atoms with Crippen LogP contribution in [0.25, 0.3) is 0 Å². The van der Waals surface area contributed by atoms with Crippen molar-refractivity contribution in [1.82, 2.24) is 15.4 Å². The maximum Gasteiger partial charge on any atom is 0.223 e. The summed E-state index contributed by atoms with van der Waals surface area (Å²) in [5.41, 5.74) is 3.43. The molecule has 2 aromatic rings. The average Bonchev–Trinajstić information content (AvgIpc) is 2.66. The van der Waals surface area contributed by atoms with Crippen molar-refractivity contribution in [2.24, 2.45) is 0 Å². The van der Waals surface area contributed by atoms with Gasteiger partial charge in [0.05, 0.1) is 5.54 Å². The number of rotatable bonds is 3. The SMILES string of the molecule is CC#CNO.Cc1cnc(NC2(c3cccc(F)c3)CCCCC2)nc1. The maximum atomic E-state index is 13.6. The summed E-state index contributed by atoms with van der Waals surface area (Å²) in [7, 11) is 0. The molecule has 5 nitrogen and oxygen atoms in total. The number of nitrogens with zero attached hydrogens (tertiary/aromatic N) is 2. The van der Waals surface area contributed by atoms with Gasteiger partial charge in [-0.15, -0.1) is 0 Å². The third kappa shape index (κ3) is 5.43. The van der Waals surface area contributed by atoms with Crippen molar-refractivity contribution in [3.63, 3.8) is 0 Å². The van der Waals surface area contributed by atoms with E-state index in [0.717, 1.165) is 36.8 Å². The monoisotopic (exact) mass is 356 g/mol. The van der Waals surface area contributed by atoms with Gasteiger partial charge in [-0.3, -0.25) is 5.21 Å². The van der Waals surface area contributed by atoms with Crippen LogP contribution in [-0.4, -0.2) is 15.2 Å². The van der Waals surface area contributed by atoms with Gasteiger partial charge in [0.1, 0.15) is 5.82 Å². The molecular weight excluding hydrogens is 331 g/mol. The van der Waals surface area contributed by atoms with Gasteiger partial charge in [-0.25, -0.2) is 19.8 Å². The van der Waals surface area contributed by atoms with Crippen LogP contribution < -0.4 is 10.8 Å². The fraction of sp³-hybridized carbons (Fsp3) is 0.400. The second-order valence-corrected chi connectivity index (χ2v) is 6.35. The molecule has 26 heavy (non-hydrogen) atoms. The van der Waals surface area contributed by atoms with Crippen molar-refractivity contribution < 1.29 is 9.60 Å². The summed E-state index contributed by atoms with van der Waals surface area (Å²) in [6.45, 7) is 3.59. The van der Waals surface area contributed by atoms with Crippen LogP contribution in [0.2, 0.25) is 0 Å². The second kappa shape index (κ2) is 9.73. The molecule has 0 amide bonds. The lowest BCUT2D eigenvalue weighted by atomic mass is 9.76. The number of halogens is 1. The van der Waals surface area contributed by atoms with Gasteiger partial charge in [-0.2, -0.15) is 0 Å². The van der Waals surface area contributed by atoms with E-state index in [1.807, 2.05) is 13.0 Å². The molecule has 6 heteroatoms. The van der Waals surface area contributed by atoms with Gasteiger partial charge in [0.15, 0.2) is 0 Å². The zero-order valence-corrected chi connectivity index (χ0v) is 15.2. The van der Waals surface area contributed by atoms with Crippen LogP contribution in [0.5, 0.6) is 0 Å². The summed E-state index contributed by atoms with van der Waals surface area (Å²) in [4.78, 5) is 8.70. The smallest absolute Gasteiger partial charge is 0.223 e. The zero-order chi connectivity index (χ0) is 18.8. The van der Waals surface area contributed by atoms with E-state index in [9.17, 15) is 4.39 Å². The Morgan fingerprint density at radius 1 is 1.15 bits per heavy atom. The highest BCUT2D eigenvalue weighted by molar-refractivity contribution is 5.38. The Bertz CT molecular complexity index is 746. The summed E-state index contributed by atoms with van der Waals surface area (Å²) in [6.07, 6.45) is 9.06. The highest BCUT2D eigenvalue weighted by Crippen LogP contribution is 2.39. The molecule has 0 atom stereocenters. The number of hydrogen-bond donors (Lipinski definition) is 3. The van der Waals surface area contributed by atoms with E-state index >= 15 is 0 Å². The quantitative estimate of drug-likeness (QED) is 0.438. The lowest BCUT2D eigenvalue weighted by Crippen LogP contribution is -2.38. The summed E-state index contributed by atoms with van der Waals surface area (Å²) in [5.74, 6) is 2.83. The number of benzene rings is 1. The molecule has 1 fully saturated rings. The minimum absolute atomic E-state index is 0.191. The number of hydroxylamine groups is 1. The van der Waals surface area contributed by atoms with Crippen molar-refractivity contribution in [1.29, 1.82) is 0 Å². The van der Waals surface area contributed by atoms with E-state index in [4.69, 9.17) is 5.21 Å². The van der Waals surface area contributed by atoms with Crippen LogP contribution in [-0.2, 0) is 5.54 Å². The van der Waals surface area contributed by atoms with E-state index < -0.39 is 0 Å². The Morgan fingerprint density at radius 2 is 1.85 bits per heavy atom. The number of aromatic nitrogens is 2. The van der Waals surface area contributed by atoms with Crippen LogP contribution in [0.4, 0.5) is 10.3 Å². The van der Waals surface area contributed by atoms with Crippen molar-refractivity contribution in [2.75, 3.05) is 5.32 Å². The molecule has 0 spiro atoms. The number of nitrogens with one attached hydrogen (secondary N) is 2. The fourth-order valence-corrected chi connectivity index (χ4v) is 3.15. The second-order valence-electron chi connectivity index (χ2n) is 6.35. The molecule has 0 aliphatic heterocycles. The normalized spacial score (nSPS) is 14.9. The average molecular weight is 356 g/mol. The number of aryl methyl sites for hydroxylation is 1. The molecular formula is C20H25FN4O. The van der Waals surface area contributed by atoms with Crippen molar-refractivity contribution in [3.05, 3.63) is 53.6 Å². The lowest BCUT2D eigenvalue weighted by Gasteiger charge is -2.38. The van der Waals surface area contributed by atoms with Gasteiger partial charge in [-0.1, -0.05) is 37.3 Å². The molecule has 3 rings (SSSR count). The molecule has 0 unspecified atom stereocenters. The third-order valence-corrected chi connectivity index (χ3v) is 4.40. The molecule has 1 aliphatic carbocycles. The van der Waals surface area contributed by atoms with Crippen molar-refractivity contribution in [2.45, 2.75) is 51.5 Å². The topological polar surface area (TPSA) is 70.1 Å². The molecule has 1 heterocycles. The first-order chi connectivity index (χ1) is 12.6. The minimum Gasteiger partial charge on any atom is -0.345 e. The largest absolute Gasteiger partial charge is 0.345 e. The van der Waals surface area contributed by atoms with Crippen LogP contribution >= 0.6 is 0 Å². The van der Waals surface area contributed by atoms with Gasteiger partial charge in [-0.05, 0) is 49.9 Å². The molecule has 1 aliphatic rings. The first kappa shape index (κ1) is 19.7. The zero-order valence-electron chi connectivity index (χ0n) is 15.2. The molecule has 1 aromatic carbocycles. The summed E-state index contributed by atoms with van der Waals surface area (Å²) in [5, 5.41) is 11.1. The molecule has 0 radical (unpaired) electrons. The van der Waals surface area contributed by atoms with Crippen molar-refractivity contribution >= 4 is 5.95 Å². The predicted molar refractivity (Wildman–Crippen MR) is 99.9 cm³/mol. The lowest BCUT2D eigenvalue weighted by molar-refractivity contribution is 0.224. The fourth-order valence-electron chi connectivity index (χ4n) is 3.15. The Hall–Kier alpha value is -2.65. The van der Waals surface area contributed by atoms with Gasteiger partial charge in [0, 0.05) is 18.4 Å². The molecule has 0 bridgehead atoms. The van der Waals surface area contributed by atoms with Crippen LogP contribution in [0.15, 0.2) is 36.7 Å². The van der Waals surface area contributed by atoms with E-state index in [-0.39, 0.29) is 11.4 Å². The first-order valence-electron chi connectivity index (χ1n) is 8.73. The van der Waals surface area contributed by atoms with E-state index in [1.54, 1.807) is 36.9 Å². The minimum atomic E-state index is -0.254. The van der Waals surface area contributed by atoms with Gasteiger partial charge in [0.25, 0.3) is 0 Å². The van der Waals surface area contributed by atoms with Crippen LogP contribution in [0, 0.1) is 24.7 Å². The first-order valence-corrected chi connectivity index (χ1v) is 8.73. The highest BCUT2D eigenvalue weighted by Gasteiger charge is 2.34. The molecule has 1 saturated carbocycles. The Balaban J connectivity index is 0.000000431. The Labute approximate surface area is 154 Å². The summed E-state index contributed by atoms with van der Waals surface area (Å²) in [6, 6.07) is 9.06. The number of hydrogen-bond acceptors (Lipinski definition) is 5. The third-order valence-electron chi connectivity index (χ3n) is 4.40. The molecule has 0 saturated heterocycles. The van der Waals surface area contributed by atoms with Gasteiger partial charge in [0.2, 0.25) is 5.95 Å². The summed E-state index contributed by atoms with van der Waals surface area (Å²) < 4.78 is 13.6. The molecule has 1 aromatic heterocycles. The standard InChI is InChI=1S/C17H20FN3.C3H5NO/c1-13-11-19-16(20-12-13)21-17(8-3-2-4-9-17)14-6-5-7-15(18)10-14;1-2-3-4-5/h5-7,10-12H,2-4,8-9H2,1H3,(H,19,20,21);4-5H,1H3. The van der Waals surface area contributed by atoms with Crippen molar-refractivity contribution in [3.8, 4) is 12.0 Å². The van der Waals surface area contributed by atoms with E-state index in [1.165, 1.54) is 12.5 Å². The van der Waals surface area contributed by atoms with Crippen LogP contribution in [0.3, 0.4) is 0 Å². The Morgan fingerprint density at radius 3 is 2.38 bits per heavy atom. The van der Waals surface area contributed by atoms with Gasteiger partial charge >= 0.3 is 0 Å². The molecule has 3 N–H and O–H groups in total. The molecule has 138 valence electrons. The maximum absolute atomic E-state index is 13.6. The van der Waals surface area contributed by atoms with E-state index in [0.29, 0.717) is 5.95 Å². The highest BCUT2D eigenvalue weighted by atomic mass is 19.1. The van der Waals surface area contributed by atoms with Gasteiger partial charge < -0.3 is 5.32 Å². The predicted octanol–water partition coefficient (Wildman–Crippen LogP) is 4.14. The number of anilines is 1.